The number of fused-ring (bicyclic) bond motifs is 1. The summed E-state index contributed by atoms with van der Waals surface area (Å²) in [5, 5.41) is 13.2. The van der Waals surface area contributed by atoms with Crippen LogP contribution in [0.4, 0.5) is 24.7 Å². The van der Waals surface area contributed by atoms with Gasteiger partial charge in [0.1, 0.15) is 12.8 Å². The molecule has 0 aliphatic carbocycles. The van der Waals surface area contributed by atoms with Crippen molar-refractivity contribution < 1.29 is 27.6 Å². The van der Waals surface area contributed by atoms with E-state index in [1.807, 2.05) is 0 Å². The molecule has 0 spiro atoms. The van der Waals surface area contributed by atoms with Crippen molar-refractivity contribution >= 4 is 17.4 Å². The molecule has 1 amide bonds. The van der Waals surface area contributed by atoms with Crippen LogP contribution in [0.15, 0.2) is 30.5 Å². The topological polar surface area (TPSA) is 103 Å². The molecule has 0 atom stereocenters. The normalized spacial score (nSPS) is 15.1. The Morgan fingerprint density at radius 1 is 1.32 bits per heavy atom. The van der Waals surface area contributed by atoms with E-state index >= 15 is 0 Å². The highest BCUT2D eigenvalue weighted by molar-refractivity contribution is 5.92. The van der Waals surface area contributed by atoms with Gasteiger partial charge in [0, 0.05) is 30.3 Å². The maximum absolute atomic E-state index is 12.8. The number of anilines is 1. The molecule has 0 saturated heterocycles. The third-order valence-corrected chi connectivity index (χ3v) is 4.05. The van der Waals surface area contributed by atoms with Gasteiger partial charge in [0.05, 0.1) is 12.1 Å². The lowest BCUT2D eigenvalue weighted by Crippen LogP contribution is -2.39. The fourth-order valence-corrected chi connectivity index (χ4v) is 2.71. The molecule has 1 aliphatic rings. The number of ether oxygens (including phenoxy) is 1. The molecule has 1 aromatic heterocycles. The van der Waals surface area contributed by atoms with Gasteiger partial charge in [-0.15, -0.1) is 0 Å². The molecule has 2 aromatic rings. The number of nitro groups is 1. The predicted molar refractivity (Wildman–Crippen MR) is 90.9 cm³/mol. The van der Waals surface area contributed by atoms with E-state index in [1.165, 1.54) is 22.9 Å². The molecule has 9 nitrogen and oxygen atoms in total. The Kier molecular flexibility index (Phi) is 5.49. The predicted octanol–water partition coefficient (Wildman–Crippen LogP) is 2.14. The lowest BCUT2D eigenvalue weighted by atomic mass is 10.2. The van der Waals surface area contributed by atoms with E-state index in [2.05, 4.69) is 10.3 Å². The van der Waals surface area contributed by atoms with Crippen LogP contribution in [0.5, 0.6) is 6.01 Å². The number of nitrogens with zero attached hydrogens (tertiary/aromatic N) is 4. The second-order valence-electron chi connectivity index (χ2n) is 6.08. The average Bonchev–Trinajstić information content (AvgIpc) is 2.99. The summed E-state index contributed by atoms with van der Waals surface area (Å²) in [6.45, 7) is 1.15. The van der Waals surface area contributed by atoms with Crippen LogP contribution in [0.1, 0.15) is 5.56 Å². The van der Waals surface area contributed by atoms with Gasteiger partial charge in [-0.05, 0) is 23.1 Å². The van der Waals surface area contributed by atoms with Crippen molar-refractivity contribution in [1.82, 2.24) is 14.5 Å². The zero-order chi connectivity index (χ0) is 20.3. The fourth-order valence-electron chi connectivity index (χ4n) is 2.71. The second kappa shape index (κ2) is 7.84. The number of rotatable bonds is 4. The minimum atomic E-state index is -4.49. The van der Waals surface area contributed by atoms with Crippen LogP contribution < -0.4 is 10.1 Å². The number of carbonyl (C=O) groups excluding carboxylic acids is 1. The number of hydrogen-bond acceptors (Lipinski definition) is 6. The maximum atomic E-state index is 12.8. The number of hydrogen-bond donors (Lipinski definition) is 1. The number of imidazole rings is 1. The van der Waals surface area contributed by atoms with Crippen LogP contribution >= 0.6 is 0 Å². The maximum Gasteiger partial charge on any atom is 0.416 e. The molecule has 0 fully saturated rings. The van der Waals surface area contributed by atoms with E-state index < -0.39 is 22.6 Å². The SMILES string of the molecule is O=C(CN1CCOc2nc([N+](=O)[O-])cn2CC1)Nc1cccc(C(F)(F)F)c1. The smallest absolute Gasteiger partial charge is 0.416 e. The Bertz CT molecular complexity index is 883. The van der Waals surface area contributed by atoms with Crippen molar-refractivity contribution in [1.29, 1.82) is 0 Å². The molecule has 1 N–H and O–H groups in total. The van der Waals surface area contributed by atoms with E-state index in [0.717, 1.165) is 12.1 Å². The highest BCUT2D eigenvalue weighted by atomic mass is 19.4. The molecule has 28 heavy (non-hydrogen) atoms. The van der Waals surface area contributed by atoms with Crippen molar-refractivity contribution in [2.75, 3.05) is 31.6 Å². The number of aromatic nitrogens is 2. The summed E-state index contributed by atoms with van der Waals surface area (Å²) in [7, 11) is 0. The summed E-state index contributed by atoms with van der Waals surface area (Å²) in [6, 6.07) is 4.52. The number of carbonyl (C=O) groups is 1. The molecule has 0 radical (unpaired) electrons. The van der Waals surface area contributed by atoms with Crippen molar-refractivity contribution in [2.24, 2.45) is 0 Å². The number of benzene rings is 1. The van der Waals surface area contributed by atoms with E-state index in [-0.39, 0.29) is 30.7 Å². The van der Waals surface area contributed by atoms with Gasteiger partial charge in [-0.1, -0.05) is 6.07 Å². The molecule has 2 heterocycles. The standard InChI is InChI=1S/C16H16F3N5O4/c17-16(18,19)11-2-1-3-12(8-11)20-14(25)10-22-4-5-23-9-13(24(26)27)21-15(23)28-7-6-22/h1-3,8-9H,4-7,10H2,(H,20,25). The van der Waals surface area contributed by atoms with E-state index in [4.69, 9.17) is 4.74 Å². The minimum absolute atomic E-state index is 0.0515. The largest absolute Gasteiger partial charge is 0.444 e. The molecular formula is C16H16F3N5O4. The van der Waals surface area contributed by atoms with E-state index in [0.29, 0.717) is 19.6 Å². The van der Waals surface area contributed by atoms with Crippen LogP contribution in [-0.4, -0.2) is 51.5 Å². The number of nitrogens with one attached hydrogen (secondary N) is 1. The summed E-state index contributed by atoms with van der Waals surface area (Å²) in [6.07, 6.45) is -3.24. The Morgan fingerprint density at radius 3 is 2.82 bits per heavy atom. The first kappa shape index (κ1) is 19.6. The highest BCUT2D eigenvalue weighted by Gasteiger charge is 2.30. The summed E-state index contributed by atoms with van der Waals surface area (Å²) >= 11 is 0. The molecule has 150 valence electrons. The quantitative estimate of drug-likeness (QED) is 0.624. The second-order valence-corrected chi connectivity index (χ2v) is 6.08. The summed E-state index contributed by atoms with van der Waals surface area (Å²) < 4.78 is 45.1. The number of amides is 1. The van der Waals surface area contributed by atoms with Crippen molar-refractivity contribution in [3.05, 3.63) is 46.1 Å². The van der Waals surface area contributed by atoms with Crippen LogP contribution in [0.2, 0.25) is 0 Å². The average molecular weight is 399 g/mol. The first-order valence-electron chi connectivity index (χ1n) is 8.26. The van der Waals surface area contributed by atoms with Gasteiger partial charge in [0.2, 0.25) is 5.91 Å². The molecule has 1 aromatic carbocycles. The zero-order valence-corrected chi connectivity index (χ0v) is 14.5. The van der Waals surface area contributed by atoms with Gasteiger partial charge in [-0.2, -0.15) is 13.2 Å². The molecular weight excluding hydrogens is 383 g/mol. The Balaban J connectivity index is 1.59. The van der Waals surface area contributed by atoms with Crippen molar-refractivity contribution in [3.63, 3.8) is 0 Å². The Morgan fingerprint density at radius 2 is 2.11 bits per heavy atom. The van der Waals surface area contributed by atoms with Gasteiger partial charge < -0.3 is 20.2 Å². The fraction of sp³-hybridized carbons (Fsp3) is 0.375. The third-order valence-electron chi connectivity index (χ3n) is 4.05. The Labute approximate surface area is 156 Å². The minimum Gasteiger partial charge on any atom is -0.444 e. The first-order chi connectivity index (χ1) is 13.2. The molecule has 0 bridgehead atoms. The first-order valence-corrected chi connectivity index (χ1v) is 8.26. The molecule has 12 heteroatoms. The highest BCUT2D eigenvalue weighted by Crippen LogP contribution is 2.30. The van der Waals surface area contributed by atoms with Crippen LogP contribution in [0.25, 0.3) is 0 Å². The lowest BCUT2D eigenvalue weighted by molar-refractivity contribution is -0.389. The van der Waals surface area contributed by atoms with Crippen LogP contribution in [0.3, 0.4) is 0 Å². The van der Waals surface area contributed by atoms with E-state index in [1.54, 1.807) is 4.90 Å². The zero-order valence-electron chi connectivity index (χ0n) is 14.5. The molecule has 3 rings (SSSR count). The summed E-state index contributed by atoms with van der Waals surface area (Å²) in [5.41, 5.74) is -0.796. The monoisotopic (exact) mass is 399 g/mol. The van der Waals surface area contributed by atoms with Gasteiger partial charge >= 0.3 is 18.0 Å². The van der Waals surface area contributed by atoms with E-state index in [9.17, 15) is 28.1 Å². The summed E-state index contributed by atoms with van der Waals surface area (Å²) in [4.78, 5) is 27.9. The molecule has 0 unspecified atom stereocenters. The van der Waals surface area contributed by atoms with Gasteiger partial charge in [-0.3, -0.25) is 14.3 Å². The van der Waals surface area contributed by atoms with Gasteiger partial charge in [-0.25, -0.2) is 0 Å². The van der Waals surface area contributed by atoms with Crippen LogP contribution in [0, 0.1) is 10.1 Å². The van der Waals surface area contributed by atoms with Gasteiger partial charge in [0.15, 0.2) is 0 Å². The third kappa shape index (κ3) is 4.76. The van der Waals surface area contributed by atoms with Crippen molar-refractivity contribution in [2.45, 2.75) is 12.7 Å². The Hall–Kier alpha value is -3.15. The van der Waals surface area contributed by atoms with Gasteiger partial charge in [0.25, 0.3) is 0 Å². The molecule has 0 saturated carbocycles. The van der Waals surface area contributed by atoms with Crippen molar-refractivity contribution in [3.8, 4) is 6.01 Å². The molecule has 1 aliphatic heterocycles. The number of alkyl halides is 3. The lowest BCUT2D eigenvalue weighted by Gasteiger charge is -2.23. The number of halogens is 3. The summed E-state index contributed by atoms with van der Waals surface area (Å²) in [5.74, 6) is -0.803. The van der Waals surface area contributed by atoms with Crippen LogP contribution in [-0.2, 0) is 17.5 Å².